The molecule has 0 spiro atoms. The molecule has 0 amide bonds. The van der Waals surface area contributed by atoms with Crippen molar-refractivity contribution < 1.29 is 0 Å². The third-order valence-electron chi connectivity index (χ3n) is 15.1. The van der Waals surface area contributed by atoms with Gasteiger partial charge in [0.15, 0.2) is 0 Å². The standard InChI is InChI=1S/C68H41N/c1-2-17-51(18-3-1)69-63-37-33-43-15-6-7-19-52(43)66(63)61-36-35-59-53-20-8-9-21-54(53)62-41-50(32-34-60(62)67(59)68(61)69)65-57-24-12-10-22-55(57)64(56-23-11-13-25-58(56)65)49-31-30-47-39-46(28-29-48(47)40-49)45-27-26-42-14-4-5-16-44(42)38-45/h1-41H. The molecule has 1 heteroatoms. The molecule has 0 N–H and O–H groups in total. The minimum Gasteiger partial charge on any atom is -0.309 e. The second-order valence-corrected chi connectivity index (χ2v) is 18.7. The number of hydrogen-bond acceptors (Lipinski definition) is 0. The number of rotatable bonds is 4. The first-order chi connectivity index (χ1) is 34.2. The Morgan fingerprint density at radius 1 is 0.217 bits per heavy atom. The molecule has 0 aliphatic heterocycles. The summed E-state index contributed by atoms with van der Waals surface area (Å²) < 4.78 is 2.51. The number of fused-ring (bicyclic) bond motifs is 16. The number of aromatic nitrogens is 1. The third-order valence-corrected chi connectivity index (χ3v) is 15.1. The van der Waals surface area contributed by atoms with Crippen molar-refractivity contribution in [3.8, 4) is 39.1 Å². The predicted molar refractivity (Wildman–Crippen MR) is 297 cm³/mol. The summed E-state index contributed by atoms with van der Waals surface area (Å²) >= 11 is 0. The molecule has 69 heavy (non-hydrogen) atoms. The Morgan fingerprint density at radius 2 is 0.638 bits per heavy atom. The summed E-state index contributed by atoms with van der Waals surface area (Å²) in [7, 11) is 0. The lowest BCUT2D eigenvalue weighted by atomic mass is 9.84. The first kappa shape index (κ1) is 38.1. The van der Waals surface area contributed by atoms with Crippen molar-refractivity contribution in [3.63, 3.8) is 0 Å². The Balaban J connectivity index is 0.967. The maximum atomic E-state index is 2.51. The zero-order valence-electron chi connectivity index (χ0n) is 37.6. The van der Waals surface area contributed by atoms with Gasteiger partial charge in [0.05, 0.1) is 11.0 Å². The Kier molecular flexibility index (Phi) is 8.13. The highest BCUT2D eigenvalue weighted by atomic mass is 15.0. The van der Waals surface area contributed by atoms with Gasteiger partial charge in [0.2, 0.25) is 0 Å². The Labute approximate surface area is 398 Å². The summed E-state index contributed by atoms with van der Waals surface area (Å²) in [6.07, 6.45) is 0. The highest BCUT2D eigenvalue weighted by Crippen LogP contribution is 2.48. The van der Waals surface area contributed by atoms with E-state index < -0.39 is 0 Å². The van der Waals surface area contributed by atoms with Crippen LogP contribution in [-0.2, 0) is 0 Å². The summed E-state index contributed by atoms with van der Waals surface area (Å²) in [6.45, 7) is 0. The van der Waals surface area contributed by atoms with Gasteiger partial charge in [-0.2, -0.15) is 0 Å². The third kappa shape index (κ3) is 5.65. The lowest BCUT2D eigenvalue weighted by Gasteiger charge is -2.19. The zero-order valence-corrected chi connectivity index (χ0v) is 37.6. The fraction of sp³-hybridized carbons (Fsp3) is 0. The number of para-hydroxylation sites is 1. The summed E-state index contributed by atoms with van der Waals surface area (Å²) in [6, 6.07) is 92.7. The SMILES string of the molecule is c1ccc(-n2c3ccc4ccccc4c3c3ccc4c5ccccc5c5cc(-c6c7ccccc7c(-c7ccc8cc(-c9ccc%10ccccc%10c9)ccc8c7)c7ccccc67)ccc5c4c32)cc1. The van der Waals surface area contributed by atoms with Crippen molar-refractivity contribution in [2.24, 2.45) is 0 Å². The number of nitrogens with zero attached hydrogens (tertiary/aromatic N) is 1. The highest BCUT2D eigenvalue weighted by Gasteiger charge is 2.22. The Bertz CT molecular complexity index is 4590. The van der Waals surface area contributed by atoms with Crippen molar-refractivity contribution in [2.45, 2.75) is 0 Å². The summed E-state index contributed by atoms with van der Waals surface area (Å²) in [4.78, 5) is 0. The van der Waals surface area contributed by atoms with E-state index in [-0.39, 0.29) is 0 Å². The molecule has 0 aliphatic rings. The lowest BCUT2D eigenvalue weighted by molar-refractivity contribution is 1.19. The largest absolute Gasteiger partial charge is 0.309 e. The normalized spacial score (nSPS) is 12.1. The van der Waals surface area contributed by atoms with Crippen LogP contribution in [0.15, 0.2) is 249 Å². The zero-order chi connectivity index (χ0) is 45.2. The molecule has 14 aromatic carbocycles. The van der Waals surface area contributed by atoms with Gasteiger partial charge in [0.25, 0.3) is 0 Å². The van der Waals surface area contributed by atoms with E-state index in [0.29, 0.717) is 0 Å². The van der Waals surface area contributed by atoms with E-state index in [0.717, 1.165) is 5.69 Å². The smallest absolute Gasteiger partial charge is 0.0626 e. The topological polar surface area (TPSA) is 4.93 Å². The van der Waals surface area contributed by atoms with Gasteiger partial charge in [0, 0.05) is 21.8 Å². The van der Waals surface area contributed by atoms with Crippen molar-refractivity contribution in [2.75, 3.05) is 0 Å². The summed E-state index contributed by atoms with van der Waals surface area (Å²) in [5, 5.41) is 22.7. The first-order valence-electron chi connectivity index (χ1n) is 24.0. The van der Waals surface area contributed by atoms with Crippen molar-refractivity contribution >= 4 is 108 Å². The molecule has 0 saturated heterocycles. The van der Waals surface area contributed by atoms with Crippen molar-refractivity contribution in [1.29, 1.82) is 0 Å². The van der Waals surface area contributed by atoms with Crippen LogP contribution in [0.1, 0.15) is 0 Å². The van der Waals surface area contributed by atoms with Crippen LogP contribution in [0.2, 0.25) is 0 Å². The molecule has 15 aromatic rings. The first-order valence-corrected chi connectivity index (χ1v) is 24.0. The number of hydrogen-bond donors (Lipinski definition) is 0. The van der Waals surface area contributed by atoms with Gasteiger partial charge in [-0.3, -0.25) is 0 Å². The molecule has 0 aliphatic carbocycles. The van der Waals surface area contributed by atoms with Crippen LogP contribution in [0.4, 0.5) is 0 Å². The Morgan fingerprint density at radius 3 is 1.30 bits per heavy atom. The molecule has 0 bridgehead atoms. The highest BCUT2D eigenvalue weighted by molar-refractivity contribution is 6.36. The molecule has 1 aromatic heterocycles. The second-order valence-electron chi connectivity index (χ2n) is 18.7. The molecule has 0 saturated carbocycles. The van der Waals surface area contributed by atoms with E-state index >= 15 is 0 Å². The fourth-order valence-corrected chi connectivity index (χ4v) is 12.0. The van der Waals surface area contributed by atoms with Crippen LogP contribution in [0.3, 0.4) is 0 Å². The van der Waals surface area contributed by atoms with E-state index in [9.17, 15) is 0 Å². The molecular weight excluding hydrogens is 831 g/mol. The van der Waals surface area contributed by atoms with Gasteiger partial charge in [-0.05, 0) is 157 Å². The van der Waals surface area contributed by atoms with Gasteiger partial charge in [0.1, 0.15) is 0 Å². The maximum absolute atomic E-state index is 2.51. The molecule has 318 valence electrons. The van der Waals surface area contributed by atoms with Gasteiger partial charge in [-0.25, -0.2) is 0 Å². The minimum absolute atomic E-state index is 1.16. The van der Waals surface area contributed by atoms with Gasteiger partial charge >= 0.3 is 0 Å². The van der Waals surface area contributed by atoms with Crippen LogP contribution in [0.5, 0.6) is 0 Å². The summed E-state index contributed by atoms with van der Waals surface area (Å²) in [5.74, 6) is 0. The average molecular weight is 872 g/mol. The maximum Gasteiger partial charge on any atom is 0.0626 e. The van der Waals surface area contributed by atoms with Crippen LogP contribution in [-0.4, -0.2) is 4.57 Å². The quantitative estimate of drug-likeness (QED) is 0.123. The van der Waals surface area contributed by atoms with Crippen LogP contribution in [0, 0.1) is 0 Å². The van der Waals surface area contributed by atoms with Crippen LogP contribution >= 0.6 is 0 Å². The van der Waals surface area contributed by atoms with E-state index in [4.69, 9.17) is 0 Å². The molecule has 0 unspecified atom stereocenters. The molecule has 0 fully saturated rings. The van der Waals surface area contributed by atoms with E-state index in [1.807, 2.05) is 0 Å². The molecule has 0 atom stereocenters. The van der Waals surface area contributed by atoms with Crippen molar-refractivity contribution in [3.05, 3.63) is 249 Å². The average Bonchev–Trinajstić information content (AvgIpc) is 3.77. The van der Waals surface area contributed by atoms with Crippen LogP contribution in [0.25, 0.3) is 147 Å². The van der Waals surface area contributed by atoms with E-state index in [1.165, 1.54) is 141 Å². The number of benzene rings is 14. The minimum atomic E-state index is 1.16. The summed E-state index contributed by atoms with van der Waals surface area (Å²) in [5.41, 5.74) is 11.1. The van der Waals surface area contributed by atoms with Crippen molar-refractivity contribution in [1.82, 2.24) is 4.57 Å². The van der Waals surface area contributed by atoms with Gasteiger partial charge in [-0.15, -0.1) is 0 Å². The lowest BCUT2D eigenvalue weighted by Crippen LogP contribution is -1.95. The van der Waals surface area contributed by atoms with E-state index in [2.05, 4.69) is 253 Å². The second kappa shape index (κ2) is 14.7. The van der Waals surface area contributed by atoms with Gasteiger partial charge < -0.3 is 4.57 Å². The van der Waals surface area contributed by atoms with E-state index in [1.54, 1.807) is 0 Å². The Hall–Kier alpha value is -9.04. The molecule has 15 rings (SSSR count). The molecular formula is C68H41N. The van der Waals surface area contributed by atoms with Crippen LogP contribution < -0.4 is 0 Å². The molecule has 1 nitrogen and oxygen atoms in total. The fourth-order valence-electron chi connectivity index (χ4n) is 12.0. The van der Waals surface area contributed by atoms with Gasteiger partial charge in [-0.1, -0.05) is 206 Å². The molecule has 1 heterocycles. The monoisotopic (exact) mass is 871 g/mol. The predicted octanol–water partition coefficient (Wildman–Crippen LogP) is 19.0. The molecule has 0 radical (unpaired) electrons.